The number of hydrogen-bond acceptors (Lipinski definition) is 2. The summed E-state index contributed by atoms with van der Waals surface area (Å²) < 4.78 is 0. The molecule has 0 aromatic rings. The SMILES string of the molecule is CC(O)/C=C(/C1=CCCC=C1)N1CCCC1. The molecule has 1 unspecified atom stereocenters. The van der Waals surface area contributed by atoms with Crippen LogP contribution in [0.15, 0.2) is 35.6 Å². The van der Waals surface area contributed by atoms with Gasteiger partial charge in [0.2, 0.25) is 0 Å². The number of likely N-dealkylation sites (tertiary alicyclic amines) is 1. The fraction of sp³-hybridized carbons (Fsp3) is 0.571. The molecule has 0 radical (unpaired) electrons. The van der Waals surface area contributed by atoms with Gasteiger partial charge in [0.05, 0.1) is 6.10 Å². The first-order valence-corrected chi connectivity index (χ1v) is 6.29. The van der Waals surface area contributed by atoms with Crippen LogP contribution in [0.2, 0.25) is 0 Å². The molecule has 0 spiro atoms. The van der Waals surface area contributed by atoms with Crippen LogP contribution in [0.4, 0.5) is 0 Å². The van der Waals surface area contributed by atoms with Gasteiger partial charge >= 0.3 is 0 Å². The topological polar surface area (TPSA) is 23.5 Å². The third-order valence-electron chi connectivity index (χ3n) is 3.14. The monoisotopic (exact) mass is 219 g/mol. The van der Waals surface area contributed by atoms with Crippen molar-refractivity contribution in [2.75, 3.05) is 13.1 Å². The van der Waals surface area contributed by atoms with Crippen molar-refractivity contribution >= 4 is 0 Å². The van der Waals surface area contributed by atoms with E-state index in [4.69, 9.17) is 0 Å². The summed E-state index contributed by atoms with van der Waals surface area (Å²) in [6.45, 7) is 4.08. The minimum Gasteiger partial charge on any atom is -0.389 e. The third kappa shape index (κ3) is 2.76. The third-order valence-corrected chi connectivity index (χ3v) is 3.14. The molecule has 0 bridgehead atoms. The molecule has 2 nitrogen and oxygen atoms in total. The molecule has 0 aromatic heterocycles. The molecule has 0 amide bonds. The second-order valence-electron chi connectivity index (χ2n) is 4.63. The van der Waals surface area contributed by atoms with Gasteiger partial charge < -0.3 is 10.0 Å². The highest BCUT2D eigenvalue weighted by Gasteiger charge is 2.17. The number of aliphatic hydroxyl groups excluding tert-OH is 1. The van der Waals surface area contributed by atoms with Crippen molar-refractivity contribution in [1.82, 2.24) is 4.90 Å². The van der Waals surface area contributed by atoms with E-state index < -0.39 is 0 Å². The molecule has 16 heavy (non-hydrogen) atoms. The summed E-state index contributed by atoms with van der Waals surface area (Å²) in [6, 6.07) is 0. The highest BCUT2D eigenvalue weighted by molar-refractivity contribution is 5.41. The lowest BCUT2D eigenvalue weighted by atomic mass is 10.0. The first-order chi connectivity index (χ1) is 7.77. The summed E-state index contributed by atoms with van der Waals surface area (Å²) in [5.41, 5.74) is 2.51. The Kier molecular flexibility index (Phi) is 3.83. The highest BCUT2D eigenvalue weighted by atomic mass is 16.3. The molecule has 1 fully saturated rings. The molecule has 2 heteroatoms. The van der Waals surface area contributed by atoms with Gasteiger partial charge in [-0.1, -0.05) is 18.2 Å². The minimum atomic E-state index is -0.369. The van der Waals surface area contributed by atoms with E-state index in [0.717, 1.165) is 25.9 Å². The molecular weight excluding hydrogens is 198 g/mol. The molecule has 1 aliphatic heterocycles. The lowest BCUT2D eigenvalue weighted by molar-refractivity contribution is 0.240. The van der Waals surface area contributed by atoms with Crippen LogP contribution >= 0.6 is 0 Å². The van der Waals surface area contributed by atoms with Gasteiger partial charge in [-0.3, -0.25) is 0 Å². The molecule has 0 saturated carbocycles. The largest absolute Gasteiger partial charge is 0.389 e. The maximum Gasteiger partial charge on any atom is 0.0715 e. The lowest BCUT2D eigenvalue weighted by Gasteiger charge is -2.24. The number of nitrogens with zero attached hydrogens (tertiary/aromatic N) is 1. The Labute approximate surface area is 98.0 Å². The van der Waals surface area contributed by atoms with Gasteiger partial charge in [0, 0.05) is 18.8 Å². The van der Waals surface area contributed by atoms with E-state index in [1.807, 2.05) is 13.0 Å². The summed E-state index contributed by atoms with van der Waals surface area (Å²) in [5, 5.41) is 9.56. The van der Waals surface area contributed by atoms with Gasteiger partial charge in [-0.15, -0.1) is 0 Å². The number of allylic oxidation sites excluding steroid dienone is 3. The van der Waals surface area contributed by atoms with Gasteiger partial charge in [0.25, 0.3) is 0 Å². The predicted molar refractivity (Wildman–Crippen MR) is 67.0 cm³/mol. The summed E-state index contributed by atoms with van der Waals surface area (Å²) in [4.78, 5) is 2.40. The zero-order valence-electron chi connectivity index (χ0n) is 10.0. The van der Waals surface area contributed by atoms with E-state index in [9.17, 15) is 5.11 Å². The standard InChI is InChI=1S/C14H21NO/c1-12(16)11-14(15-9-5-6-10-15)13-7-3-2-4-8-13/h3,7-8,11-12,16H,2,4-6,9-10H2,1H3/b14-11-. The Morgan fingerprint density at radius 2 is 2.12 bits per heavy atom. The van der Waals surface area contributed by atoms with E-state index in [-0.39, 0.29) is 6.10 Å². The van der Waals surface area contributed by atoms with Crippen LogP contribution in [-0.2, 0) is 0 Å². The Bertz CT molecular complexity index is 320. The van der Waals surface area contributed by atoms with Crippen LogP contribution in [0.5, 0.6) is 0 Å². The molecule has 0 aromatic carbocycles. The maximum absolute atomic E-state index is 9.56. The van der Waals surface area contributed by atoms with Crippen LogP contribution in [-0.4, -0.2) is 29.2 Å². The van der Waals surface area contributed by atoms with Crippen molar-refractivity contribution in [2.24, 2.45) is 0 Å². The number of hydrogen-bond donors (Lipinski definition) is 1. The van der Waals surface area contributed by atoms with Crippen molar-refractivity contribution in [2.45, 2.75) is 38.7 Å². The summed E-state index contributed by atoms with van der Waals surface area (Å²) in [7, 11) is 0. The first kappa shape index (κ1) is 11.5. The van der Waals surface area contributed by atoms with Gasteiger partial charge in [0.1, 0.15) is 0 Å². The quantitative estimate of drug-likeness (QED) is 0.788. The molecule has 1 heterocycles. The van der Waals surface area contributed by atoms with Gasteiger partial charge in [-0.25, -0.2) is 0 Å². The van der Waals surface area contributed by atoms with Crippen LogP contribution < -0.4 is 0 Å². The summed E-state index contributed by atoms with van der Waals surface area (Å²) in [5.74, 6) is 0. The van der Waals surface area contributed by atoms with Crippen molar-refractivity contribution in [1.29, 1.82) is 0 Å². The Morgan fingerprint density at radius 3 is 2.69 bits per heavy atom. The van der Waals surface area contributed by atoms with Crippen LogP contribution in [0, 0.1) is 0 Å². The van der Waals surface area contributed by atoms with Crippen molar-refractivity contribution in [3.05, 3.63) is 35.6 Å². The Hall–Kier alpha value is -1.02. The van der Waals surface area contributed by atoms with E-state index in [0.29, 0.717) is 0 Å². The highest BCUT2D eigenvalue weighted by Crippen LogP contribution is 2.25. The van der Waals surface area contributed by atoms with Crippen LogP contribution in [0.25, 0.3) is 0 Å². The van der Waals surface area contributed by atoms with Crippen molar-refractivity contribution in [3.8, 4) is 0 Å². The Morgan fingerprint density at radius 1 is 1.38 bits per heavy atom. The fourth-order valence-electron chi connectivity index (χ4n) is 2.37. The summed E-state index contributed by atoms with van der Waals surface area (Å²) in [6.07, 6.45) is 13.1. The summed E-state index contributed by atoms with van der Waals surface area (Å²) >= 11 is 0. The fourth-order valence-corrected chi connectivity index (χ4v) is 2.37. The van der Waals surface area contributed by atoms with E-state index in [2.05, 4.69) is 23.1 Å². The van der Waals surface area contributed by atoms with Gasteiger partial charge in [-0.05, 0) is 44.3 Å². The molecule has 1 aliphatic carbocycles. The zero-order valence-corrected chi connectivity index (χ0v) is 10.0. The molecule has 1 saturated heterocycles. The van der Waals surface area contributed by atoms with Crippen molar-refractivity contribution in [3.63, 3.8) is 0 Å². The van der Waals surface area contributed by atoms with E-state index in [1.165, 1.54) is 24.1 Å². The lowest BCUT2D eigenvalue weighted by Crippen LogP contribution is -2.21. The molecule has 88 valence electrons. The number of aliphatic hydroxyl groups is 1. The predicted octanol–water partition coefficient (Wildman–Crippen LogP) is 2.62. The van der Waals surface area contributed by atoms with Crippen LogP contribution in [0.3, 0.4) is 0 Å². The molecule has 2 rings (SSSR count). The first-order valence-electron chi connectivity index (χ1n) is 6.29. The molecule has 1 atom stereocenters. The van der Waals surface area contributed by atoms with Gasteiger partial charge in [-0.2, -0.15) is 0 Å². The molecule has 2 aliphatic rings. The maximum atomic E-state index is 9.56. The van der Waals surface area contributed by atoms with Crippen molar-refractivity contribution < 1.29 is 5.11 Å². The molecular formula is C14H21NO. The van der Waals surface area contributed by atoms with E-state index in [1.54, 1.807) is 0 Å². The normalized spacial score (nSPS) is 23.5. The van der Waals surface area contributed by atoms with Gasteiger partial charge in [0.15, 0.2) is 0 Å². The smallest absolute Gasteiger partial charge is 0.0715 e. The second kappa shape index (κ2) is 5.35. The Balaban J connectivity index is 2.20. The zero-order chi connectivity index (χ0) is 11.4. The minimum absolute atomic E-state index is 0.369. The second-order valence-corrected chi connectivity index (χ2v) is 4.63. The van der Waals surface area contributed by atoms with E-state index >= 15 is 0 Å². The number of rotatable bonds is 3. The van der Waals surface area contributed by atoms with Crippen LogP contribution in [0.1, 0.15) is 32.6 Å². The average Bonchev–Trinajstić information content (AvgIpc) is 2.80. The molecule has 1 N–H and O–H groups in total. The average molecular weight is 219 g/mol.